The van der Waals surface area contributed by atoms with Gasteiger partial charge in [-0.1, -0.05) is 19.1 Å². The average molecular weight is 462 g/mol. The molecule has 9 heteroatoms. The van der Waals surface area contributed by atoms with E-state index < -0.39 is 16.0 Å². The molecule has 0 fully saturated rings. The Morgan fingerprint density at radius 2 is 1.78 bits per heavy atom. The Balaban J connectivity index is 2.16. The summed E-state index contributed by atoms with van der Waals surface area (Å²) in [5.74, 6) is -0.249. The van der Waals surface area contributed by atoms with Crippen LogP contribution in [0.1, 0.15) is 42.6 Å². The van der Waals surface area contributed by atoms with Crippen LogP contribution >= 0.6 is 0 Å². The van der Waals surface area contributed by atoms with E-state index in [2.05, 4.69) is 4.72 Å². The standard InChI is InChI=1S/C23H27NO7S/c1-3-16-31-23-18(6-5-7-21(23)30-4-2)10-13-20(25)17-8-11-19(12-9-17)32(28,29)24-15-14-22(26)27/h5-13,24H,3-4,14-16H2,1-2H3,(H,26,27)/b13-10+. The first kappa shape index (κ1) is 25.1. The highest BCUT2D eigenvalue weighted by molar-refractivity contribution is 7.89. The number of sulfonamides is 1. The van der Waals surface area contributed by atoms with Crippen molar-refractivity contribution in [2.45, 2.75) is 31.6 Å². The number of ketones is 1. The number of aliphatic carboxylic acids is 1. The van der Waals surface area contributed by atoms with Crippen molar-refractivity contribution in [3.05, 3.63) is 59.7 Å². The summed E-state index contributed by atoms with van der Waals surface area (Å²) in [6, 6.07) is 10.8. The van der Waals surface area contributed by atoms with Crippen molar-refractivity contribution in [3.63, 3.8) is 0 Å². The van der Waals surface area contributed by atoms with Crippen molar-refractivity contribution >= 4 is 27.9 Å². The third kappa shape index (κ3) is 7.21. The summed E-state index contributed by atoms with van der Waals surface area (Å²) in [7, 11) is -3.85. The molecule has 2 N–H and O–H groups in total. The highest BCUT2D eigenvalue weighted by Crippen LogP contribution is 2.32. The molecule has 0 heterocycles. The fraction of sp³-hybridized carbons (Fsp3) is 0.304. The maximum absolute atomic E-state index is 12.6. The Hall–Kier alpha value is -3.17. The molecule has 32 heavy (non-hydrogen) atoms. The van der Waals surface area contributed by atoms with Crippen molar-refractivity contribution in [1.82, 2.24) is 4.72 Å². The number of nitrogens with one attached hydrogen (secondary N) is 1. The Morgan fingerprint density at radius 1 is 1.06 bits per heavy atom. The Labute approximate surface area is 187 Å². The highest BCUT2D eigenvalue weighted by Gasteiger charge is 2.15. The molecule has 172 valence electrons. The van der Waals surface area contributed by atoms with E-state index in [4.69, 9.17) is 14.6 Å². The van der Waals surface area contributed by atoms with Gasteiger partial charge >= 0.3 is 5.97 Å². The molecule has 0 aliphatic carbocycles. The molecule has 0 aliphatic heterocycles. The summed E-state index contributed by atoms with van der Waals surface area (Å²) in [6.45, 7) is 4.64. The number of para-hydroxylation sites is 1. The van der Waals surface area contributed by atoms with Gasteiger partial charge < -0.3 is 14.6 Å². The Kier molecular flexibility index (Phi) is 9.42. The molecular formula is C23H27NO7S. The minimum Gasteiger partial charge on any atom is -0.490 e. The van der Waals surface area contributed by atoms with Gasteiger partial charge in [-0.2, -0.15) is 0 Å². The highest BCUT2D eigenvalue weighted by atomic mass is 32.2. The fourth-order valence-corrected chi connectivity index (χ4v) is 3.76. The van der Waals surface area contributed by atoms with Gasteiger partial charge in [0.2, 0.25) is 10.0 Å². The molecule has 0 saturated carbocycles. The maximum atomic E-state index is 12.6. The average Bonchev–Trinajstić information content (AvgIpc) is 2.76. The van der Waals surface area contributed by atoms with Crippen molar-refractivity contribution in [1.29, 1.82) is 0 Å². The van der Waals surface area contributed by atoms with Gasteiger partial charge in [0.05, 0.1) is 24.5 Å². The van der Waals surface area contributed by atoms with Crippen LogP contribution in [0.25, 0.3) is 6.08 Å². The lowest BCUT2D eigenvalue weighted by atomic mass is 10.1. The van der Waals surface area contributed by atoms with E-state index in [1.54, 1.807) is 12.1 Å². The zero-order chi connectivity index (χ0) is 23.6. The fourth-order valence-electron chi connectivity index (χ4n) is 2.73. The number of carboxylic acids is 1. The molecule has 0 saturated heterocycles. The largest absolute Gasteiger partial charge is 0.490 e. The molecular weight excluding hydrogens is 434 g/mol. The number of carbonyl (C=O) groups is 2. The molecule has 0 bridgehead atoms. The second-order valence-electron chi connectivity index (χ2n) is 6.72. The third-order valence-electron chi connectivity index (χ3n) is 4.25. The van der Waals surface area contributed by atoms with Gasteiger partial charge in [-0.25, -0.2) is 13.1 Å². The third-order valence-corrected chi connectivity index (χ3v) is 5.73. The van der Waals surface area contributed by atoms with Crippen LogP contribution < -0.4 is 14.2 Å². The maximum Gasteiger partial charge on any atom is 0.304 e. The predicted molar refractivity (Wildman–Crippen MR) is 121 cm³/mol. The summed E-state index contributed by atoms with van der Waals surface area (Å²) < 4.78 is 38.0. The van der Waals surface area contributed by atoms with Gasteiger partial charge in [-0.3, -0.25) is 9.59 Å². The molecule has 2 rings (SSSR count). The Bertz CT molecular complexity index is 1060. The molecule has 0 aromatic heterocycles. The molecule has 0 unspecified atom stereocenters. The van der Waals surface area contributed by atoms with Gasteiger partial charge in [0.25, 0.3) is 0 Å². The number of allylic oxidation sites excluding steroid dienone is 1. The first-order valence-corrected chi connectivity index (χ1v) is 11.7. The first-order chi connectivity index (χ1) is 15.3. The van der Waals surface area contributed by atoms with Crippen LogP contribution in [0.3, 0.4) is 0 Å². The van der Waals surface area contributed by atoms with E-state index >= 15 is 0 Å². The summed E-state index contributed by atoms with van der Waals surface area (Å²) in [6.07, 6.45) is 3.52. The quantitative estimate of drug-likeness (QED) is 0.346. The van der Waals surface area contributed by atoms with Gasteiger partial charge in [0, 0.05) is 17.7 Å². The number of hydrogen-bond donors (Lipinski definition) is 2. The van der Waals surface area contributed by atoms with E-state index in [1.807, 2.05) is 26.0 Å². The molecule has 8 nitrogen and oxygen atoms in total. The summed E-state index contributed by atoms with van der Waals surface area (Å²) in [4.78, 5) is 23.1. The number of ether oxygens (including phenoxy) is 2. The summed E-state index contributed by atoms with van der Waals surface area (Å²) in [5.41, 5.74) is 1.00. The lowest BCUT2D eigenvalue weighted by molar-refractivity contribution is -0.136. The van der Waals surface area contributed by atoms with Crippen LogP contribution in [0.4, 0.5) is 0 Å². The van der Waals surface area contributed by atoms with E-state index in [-0.39, 0.29) is 23.6 Å². The van der Waals surface area contributed by atoms with Crippen molar-refractivity contribution in [3.8, 4) is 11.5 Å². The van der Waals surface area contributed by atoms with Crippen LogP contribution in [0.2, 0.25) is 0 Å². The van der Waals surface area contributed by atoms with Gasteiger partial charge in [0.1, 0.15) is 0 Å². The summed E-state index contributed by atoms with van der Waals surface area (Å²) >= 11 is 0. The normalized spacial score (nSPS) is 11.4. The number of rotatable bonds is 13. The molecule has 0 radical (unpaired) electrons. The van der Waals surface area contributed by atoms with E-state index in [0.717, 1.165) is 6.42 Å². The van der Waals surface area contributed by atoms with Crippen molar-refractivity contribution in [2.75, 3.05) is 19.8 Å². The number of carboxylic acid groups (broad SMARTS) is 1. The number of carbonyl (C=O) groups excluding carboxylic acids is 1. The molecule has 0 amide bonds. The van der Waals surface area contributed by atoms with Crippen LogP contribution in [0, 0.1) is 0 Å². The van der Waals surface area contributed by atoms with Crippen molar-refractivity contribution < 1.29 is 32.6 Å². The minimum atomic E-state index is -3.85. The van der Waals surface area contributed by atoms with Crippen LogP contribution in [-0.4, -0.2) is 45.0 Å². The molecule has 0 spiro atoms. The van der Waals surface area contributed by atoms with Crippen LogP contribution in [0.5, 0.6) is 11.5 Å². The topological polar surface area (TPSA) is 119 Å². The van der Waals surface area contributed by atoms with Crippen molar-refractivity contribution in [2.24, 2.45) is 0 Å². The Morgan fingerprint density at radius 3 is 2.41 bits per heavy atom. The van der Waals surface area contributed by atoms with Gasteiger partial charge in [-0.05, 0) is 55.8 Å². The second-order valence-corrected chi connectivity index (χ2v) is 8.49. The summed E-state index contributed by atoms with van der Waals surface area (Å²) in [5, 5.41) is 8.62. The predicted octanol–water partition coefficient (Wildman–Crippen LogP) is 3.52. The van der Waals surface area contributed by atoms with E-state index in [1.165, 1.54) is 30.3 Å². The molecule has 2 aromatic rings. The van der Waals surface area contributed by atoms with Gasteiger partial charge in [0.15, 0.2) is 17.3 Å². The zero-order valence-electron chi connectivity index (χ0n) is 18.0. The minimum absolute atomic E-state index is 0.0527. The smallest absolute Gasteiger partial charge is 0.304 e. The molecule has 0 aliphatic rings. The monoisotopic (exact) mass is 461 g/mol. The van der Waals surface area contributed by atoms with E-state index in [9.17, 15) is 18.0 Å². The van der Waals surface area contributed by atoms with Crippen LogP contribution in [0.15, 0.2) is 53.4 Å². The SMILES string of the molecule is CCCOc1c(/C=C/C(=O)c2ccc(S(=O)(=O)NCCC(=O)O)cc2)cccc1OCC. The lowest BCUT2D eigenvalue weighted by Gasteiger charge is -2.13. The van der Waals surface area contributed by atoms with Gasteiger partial charge in [-0.15, -0.1) is 0 Å². The molecule has 0 atom stereocenters. The zero-order valence-corrected chi connectivity index (χ0v) is 18.9. The first-order valence-electron chi connectivity index (χ1n) is 10.2. The lowest BCUT2D eigenvalue weighted by Crippen LogP contribution is -2.26. The van der Waals surface area contributed by atoms with E-state index in [0.29, 0.717) is 35.8 Å². The second kappa shape index (κ2) is 12.0. The number of hydrogen-bond acceptors (Lipinski definition) is 6. The number of benzene rings is 2. The molecule has 2 aromatic carbocycles. The van der Waals surface area contributed by atoms with Crippen LogP contribution in [-0.2, 0) is 14.8 Å².